The zero-order valence-electron chi connectivity index (χ0n) is 14.0. The Labute approximate surface area is 123 Å². The minimum Gasteiger partial charge on any atom is -0.343 e. The Balaban J connectivity index is 3.00. The zero-order valence-corrected chi connectivity index (χ0v) is 14.0. The van der Waals surface area contributed by atoms with Crippen molar-refractivity contribution in [1.82, 2.24) is 10.2 Å². The molecule has 0 bridgehead atoms. The highest BCUT2D eigenvalue weighted by atomic mass is 16.2. The van der Waals surface area contributed by atoms with Crippen LogP contribution in [0.1, 0.15) is 54.9 Å². The molecule has 3 unspecified atom stereocenters. The van der Waals surface area contributed by atoms with Crippen molar-refractivity contribution >= 4 is 11.8 Å². The van der Waals surface area contributed by atoms with Crippen molar-refractivity contribution in [2.75, 3.05) is 6.54 Å². The van der Waals surface area contributed by atoms with Crippen LogP contribution >= 0.6 is 0 Å². The Kier molecular flexibility index (Phi) is 5.22. The highest BCUT2D eigenvalue weighted by Gasteiger charge is 2.42. The van der Waals surface area contributed by atoms with E-state index in [9.17, 15) is 9.59 Å². The molecule has 116 valence electrons. The van der Waals surface area contributed by atoms with Gasteiger partial charge in [-0.3, -0.25) is 9.59 Å². The van der Waals surface area contributed by atoms with E-state index in [1.165, 1.54) is 0 Å². The summed E-state index contributed by atoms with van der Waals surface area (Å²) in [6, 6.07) is -0.695. The summed E-state index contributed by atoms with van der Waals surface area (Å²) < 4.78 is 0. The molecule has 0 spiro atoms. The molecule has 1 rings (SSSR count). The lowest BCUT2D eigenvalue weighted by atomic mass is 9.81. The number of rotatable bonds is 4. The first-order chi connectivity index (χ1) is 9.09. The lowest BCUT2D eigenvalue weighted by Crippen LogP contribution is -2.65. The average molecular weight is 282 g/mol. The van der Waals surface area contributed by atoms with Crippen LogP contribution in [0.15, 0.2) is 0 Å². The van der Waals surface area contributed by atoms with Crippen molar-refractivity contribution in [3.05, 3.63) is 0 Å². The fourth-order valence-electron chi connectivity index (χ4n) is 2.51. The van der Waals surface area contributed by atoms with Crippen LogP contribution in [-0.2, 0) is 9.59 Å². The molecule has 1 saturated heterocycles. The van der Waals surface area contributed by atoms with Crippen LogP contribution in [0, 0.1) is 17.3 Å². The maximum atomic E-state index is 12.6. The van der Waals surface area contributed by atoms with E-state index in [0.717, 1.165) is 0 Å². The SMILES string of the molecule is CCC1NC(=O)C(C(C)C)N(CC(C)C(C)(C)C)C1=O. The van der Waals surface area contributed by atoms with Crippen LogP contribution in [0.3, 0.4) is 0 Å². The summed E-state index contributed by atoms with van der Waals surface area (Å²) in [5.74, 6) is 0.537. The van der Waals surface area contributed by atoms with Crippen molar-refractivity contribution in [1.29, 1.82) is 0 Å². The third-order valence-electron chi connectivity index (χ3n) is 4.49. The maximum absolute atomic E-state index is 12.6. The number of amides is 2. The number of hydrogen-bond donors (Lipinski definition) is 1. The van der Waals surface area contributed by atoms with Crippen LogP contribution in [0.2, 0.25) is 0 Å². The molecule has 1 N–H and O–H groups in total. The fraction of sp³-hybridized carbons (Fsp3) is 0.875. The largest absolute Gasteiger partial charge is 0.343 e. The molecule has 1 aliphatic heterocycles. The van der Waals surface area contributed by atoms with Crippen molar-refractivity contribution in [3.8, 4) is 0 Å². The predicted octanol–water partition coefficient (Wildman–Crippen LogP) is 2.43. The summed E-state index contributed by atoms with van der Waals surface area (Å²) in [4.78, 5) is 26.7. The van der Waals surface area contributed by atoms with Gasteiger partial charge in [-0.1, -0.05) is 48.5 Å². The summed E-state index contributed by atoms with van der Waals surface area (Å²) in [7, 11) is 0. The van der Waals surface area contributed by atoms with Gasteiger partial charge in [0.15, 0.2) is 0 Å². The molecule has 0 radical (unpaired) electrons. The Morgan fingerprint density at radius 3 is 2.15 bits per heavy atom. The third kappa shape index (κ3) is 3.53. The standard InChI is InChI=1S/C16H30N2O2/c1-8-12-15(20)18(9-11(4)16(5,6)7)13(10(2)3)14(19)17-12/h10-13H,8-9H2,1-7H3,(H,17,19). The number of carbonyl (C=O) groups excluding carboxylic acids is 2. The van der Waals surface area contributed by atoms with Crippen LogP contribution in [0.4, 0.5) is 0 Å². The number of hydrogen-bond acceptors (Lipinski definition) is 2. The quantitative estimate of drug-likeness (QED) is 0.861. The summed E-state index contributed by atoms with van der Waals surface area (Å²) in [5, 5.41) is 2.86. The molecule has 1 fully saturated rings. The molecule has 0 aromatic heterocycles. The average Bonchev–Trinajstić information content (AvgIpc) is 2.31. The highest BCUT2D eigenvalue weighted by molar-refractivity contribution is 5.97. The van der Waals surface area contributed by atoms with E-state index < -0.39 is 0 Å². The number of carbonyl (C=O) groups is 2. The molecule has 20 heavy (non-hydrogen) atoms. The second kappa shape index (κ2) is 6.15. The van der Waals surface area contributed by atoms with Crippen LogP contribution in [0.5, 0.6) is 0 Å². The fourth-order valence-corrected chi connectivity index (χ4v) is 2.51. The first kappa shape index (κ1) is 17.0. The van der Waals surface area contributed by atoms with E-state index in [4.69, 9.17) is 0 Å². The highest BCUT2D eigenvalue weighted by Crippen LogP contribution is 2.29. The van der Waals surface area contributed by atoms with Gasteiger partial charge in [0, 0.05) is 6.54 Å². The normalized spacial score (nSPS) is 25.9. The second-order valence-electron chi connectivity index (χ2n) is 7.42. The van der Waals surface area contributed by atoms with Gasteiger partial charge in [-0.2, -0.15) is 0 Å². The van der Waals surface area contributed by atoms with Gasteiger partial charge in [0.2, 0.25) is 11.8 Å². The van der Waals surface area contributed by atoms with E-state index >= 15 is 0 Å². The summed E-state index contributed by atoms with van der Waals surface area (Å²) in [5.41, 5.74) is 0.122. The Morgan fingerprint density at radius 2 is 1.75 bits per heavy atom. The molecule has 0 saturated carbocycles. The Hall–Kier alpha value is -1.06. The van der Waals surface area contributed by atoms with Crippen molar-refractivity contribution in [3.63, 3.8) is 0 Å². The van der Waals surface area contributed by atoms with Crippen LogP contribution < -0.4 is 5.32 Å². The second-order valence-corrected chi connectivity index (χ2v) is 7.42. The topological polar surface area (TPSA) is 49.4 Å². The molecule has 4 nitrogen and oxygen atoms in total. The van der Waals surface area contributed by atoms with Gasteiger partial charge in [0.05, 0.1) is 0 Å². The smallest absolute Gasteiger partial charge is 0.245 e. The summed E-state index contributed by atoms with van der Waals surface area (Å²) in [6.07, 6.45) is 0.649. The van der Waals surface area contributed by atoms with Crippen molar-refractivity contribution in [2.45, 2.75) is 67.0 Å². The lowest BCUT2D eigenvalue weighted by Gasteiger charge is -2.43. The van der Waals surface area contributed by atoms with Crippen molar-refractivity contribution < 1.29 is 9.59 Å². The van der Waals surface area contributed by atoms with Gasteiger partial charge < -0.3 is 10.2 Å². The first-order valence-electron chi connectivity index (χ1n) is 7.70. The molecule has 0 aromatic carbocycles. The maximum Gasteiger partial charge on any atom is 0.245 e. The lowest BCUT2D eigenvalue weighted by molar-refractivity contribution is -0.152. The van der Waals surface area contributed by atoms with Gasteiger partial charge in [0.1, 0.15) is 12.1 Å². The van der Waals surface area contributed by atoms with Gasteiger partial charge in [-0.05, 0) is 23.7 Å². The Bertz CT molecular complexity index is 371. The monoisotopic (exact) mass is 282 g/mol. The van der Waals surface area contributed by atoms with Gasteiger partial charge in [0.25, 0.3) is 0 Å². The predicted molar refractivity (Wildman–Crippen MR) is 81.2 cm³/mol. The van der Waals surface area contributed by atoms with Gasteiger partial charge in [-0.15, -0.1) is 0 Å². The van der Waals surface area contributed by atoms with Gasteiger partial charge >= 0.3 is 0 Å². The van der Waals surface area contributed by atoms with E-state index in [1.807, 2.05) is 25.7 Å². The van der Waals surface area contributed by atoms with Crippen molar-refractivity contribution in [2.24, 2.45) is 17.3 Å². The third-order valence-corrected chi connectivity index (χ3v) is 4.49. The molecule has 3 atom stereocenters. The minimum absolute atomic E-state index is 0.00689. The molecule has 2 amide bonds. The molecule has 0 aliphatic carbocycles. The van der Waals surface area contributed by atoms with Crippen LogP contribution in [-0.4, -0.2) is 35.3 Å². The molecule has 4 heteroatoms. The molecular formula is C16H30N2O2. The Morgan fingerprint density at radius 1 is 1.20 bits per heavy atom. The number of nitrogens with one attached hydrogen (secondary N) is 1. The molecular weight excluding hydrogens is 252 g/mol. The molecule has 1 heterocycles. The minimum atomic E-state index is -0.357. The van der Waals surface area contributed by atoms with Gasteiger partial charge in [-0.25, -0.2) is 0 Å². The van der Waals surface area contributed by atoms with E-state index in [1.54, 1.807) is 0 Å². The molecule has 0 aromatic rings. The molecule has 1 aliphatic rings. The zero-order chi connectivity index (χ0) is 15.7. The first-order valence-corrected chi connectivity index (χ1v) is 7.70. The number of nitrogens with zero attached hydrogens (tertiary/aromatic N) is 1. The van der Waals surface area contributed by atoms with E-state index in [0.29, 0.717) is 18.9 Å². The van der Waals surface area contributed by atoms with E-state index in [-0.39, 0.29) is 35.2 Å². The number of piperazine rings is 1. The summed E-state index contributed by atoms with van der Waals surface area (Å²) >= 11 is 0. The van der Waals surface area contributed by atoms with E-state index in [2.05, 4.69) is 33.0 Å². The van der Waals surface area contributed by atoms with Crippen LogP contribution in [0.25, 0.3) is 0 Å². The summed E-state index contributed by atoms with van der Waals surface area (Å²) in [6.45, 7) is 15.3.